The Kier molecular flexibility index (Phi) is 7.19. The standard InChI is InChI=1S/C17H31NO4Si/c1-16(2,3)22-15(21)14(20)13(19)11-12(9-10-18)23(7,8)17(4,5)6/h12,14,20H,9,11H2,1-8H3/t12-,14?/m1/s1. The molecule has 132 valence electrons. The van der Waals surface area contributed by atoms with E-state index in [1.54, 1.807) is 20.8 Å². The number of hydrogen-bond acceptors (Lipinski definition) is 5. The van der Waals surface area contributed by atoms with E-state index >= 15 is 0 Å². The van der Waals surface area contributed by atoms with Crippen molar-refractivity contribution in [1.29, 1.82) is 5.26 Å². The minimum Gasteiger partial charge on any atom is -0.458 e. The van der Waals surface area contributed by atoms with Crippen molar-refractivity contribution in [3.8, 4) is 6.07 Å². The number of hydrogen-bond donors (Lipinski definition) is 1. The van der Waals surface area contributed by atoms with E-state index in [9.17, 15) is 14.7 Å². The number of nitrogens with zero attached hydrogens (tertiary/aromatic N) is 1. The van der Waals surface area contributed by atoms with E-state index in [0.717, 1.165) is 0 Å². The molecule has 0 saturated carbocycles. The van der Waals surface area contributed by atoms with Gasteiger partial charge in [-0.15, -0.1) is 0 Å². The third kappa shape index (κ3) is 6.44. The Balaban J connectivity index is 5.14. The summed E-state index contributed by atoms with van der Waals surface area (Å²) in [6.07, 6.45) is -1.49. The maximum absolute atomic E-state index is 12.3. The Bertz CT molecular complexity index is 480. The zero-order valence-electron chi connectivity index (χ0n) is 15.7. The highest BCUT2D eigenvalue weighted by atomic mass is 28.3. The second-order valence-electron chi connectivity index (χ2n) is 8.64. The predicted octanol–water partition coefficient (Wildman–Crippen LogP) is 3.44. The molecule has 23 heavy (non-hydrogen) atoms. The molecule has 0 rings (SSSR count). The highest BCUT2D eigenvalue weighted by Crippen LogP contribution is 2.46. The second-order valence-corrected chi connectivity index (χ2v) is 14.4. The molecule has 6 heteroatoms. The van der Waals surface area contributed by atoms with Crippen LogP contribution in [0, 0.1) is 11.3 Å². The molecule has 0 aliphatic rings. The van der Waals surface area contributed by atoms with Crippen LogP contribution in [0.15, 0.2) is 0 Å². The number of ether oxygens (including phenoxy) is 1. The van der Waals surface area contributed by atoms with Gasteiger partial charge in [0, 0.05) is 12.8 Å². The van der Waals surface area contributed by atoms with E-state index in [1.807, 2.05) is 0 Å². The number of carbonyl (C=O) groups excluding carboxylic acids is 2. The van der Waals surface area contributed by atoms with Crippen LogP contribution in [0.2, 0.25) is 23.7 Å². The zero-order valence-corrected chi connectivity index (χ0v) is 16.7. The number of carbonyl (C=O) groups is 2. The number of rotatable bonds is 6. The van der Waals surface area contributed by atoms with Gasteiger partial charge in [0.1, 0.15) is 5.60 Å². The Hall–Kier alpha value is -1.19. The molecule has 0 aliphatic carbocycles. The lowest BCUT2D eigenvalue weighted by Crippen LogP contribution is -2.45. The van der Waals surface area contributed by atoms with Crippen LogP contribution in [0.5, 0.6) is 0 Å². The Morgan fingerprint density at radius 1 is 1.17 bits per heavy atom. The molecule has 1 N–H and O–H groups in total. The van der Waals surface area contributed by atoms with Crippen molar-refractivity contribution in [2.45, 2.75) is 89.8 Å². The molecule has 0 bridgehead atoms. The molecule has 0 aromatic rings. The lowest BCUT2D eigenvalue weighted by Gasteiger charge is -2.42. The molecular formula is C17H31NO4Si. The quantitative estimate of drug-likeness (QED) is 0.454. The van der Waals surface area contributed by atoms with Gasteiger partial charge in [-0.1, -0.05) is 33.9 Å². The number of nitriles is 1. The minimum absolute atomic E-state index is 0.00562. The highest BCUT2D eigenvalue weighted by Gasteiger charge is 2.43. The van der Waals surface area contributed by atoms with Crippen LogP contribution in [-0.2, 0) is 14.3 Å². The van der Waals surface area contributed by atoms with E-state index in [0.29, 0.717) is 0 Å². The van der Waals surface area contributed by atoms with Gasteiger partial charge < -0.3 is 9.84 Å². The topological polar surface area (TPSA) is 87.4 Å². The predicted molar refractivity (Wildman–Crippen MR) is 92.7 cm³/mol. The van der Waals surface area contributed by atoms with Crippen molar-refractivity contribution < 1.29 is 19.4 Å². The number of esters is 1. The summed E-state index contributed by atoms with van der Waals surface area (Å²) < 4.78 is 5.05. The molecule has 0 aromatic heterocycles. The maximum atomic E-state index is 12.3. The van der Waals surface area contributed by atoms with Gasteiger partial charge >= 0.3 is 5.97 Å². The van der Waals surface area contributed by atoms with Gasteiger partial charge in [0.25, 0.3) is 0 Å². The summed E-state index contributed by atoms with van der Waals surface area (Å²) in [6.45, 7) is 15.6. The van der Waals surface area contributed by atoms with Crippen LogP contribution in [0.3, 0.4) is 0 Å². The fraction of sp³-hybridized carbons (Fsp3) is 0.824. The summed E-state index contributed by atoms with van der Waals surface area (Å²) in [5, 5.41) is 19.0. The third-order valence-corrected chi connectivity index (χ3v) is 11.0. The van der Waals surface area contributed by atoms with Crippen molar-refractivity contribution in [3.05, 3.63) is 0 Å². The Labute approximate surface area is 141 Å². The average molecular weight is 342 g/mol. The first kappa shape index (κ1) is 21.8. The average Bonchev–Trinajstić information content (AvgIpc) is 2.33. The van der Waals surface area contributed by atoms with Gasteiger partial charge in [0.05, 0.1) is 14.1 Å². The molecule has 1 unspecified atom stereocenters. The molecule has 0 amide bonds. The minimum atomic E-state index is -1.95. The van der Waals surface area contributed by atoms with Gasteiger partial charge in [0.2, 0.25) is 6.10 Å². The normalized spacial score (nSPS) is 15.5. The van der Waals surface area contributed by atoms with Gasteiger partial charge in [-0.2, -0.15) is 5.26 Å². The van der Waals surface area contributed by atoms with Crippen molar-refractivity contribution in [3.63, 3.8) is 0 Å². The fourth-order valence-electron chi connectivity index (χ4n) is 2.15. The summed E-state index contributed by atoms with van der Waals surface area (Å²) in [4.78, 5) is 24.1. The first-order chi connectivity index (χ1) is 10.1. The summed E-state index contributed by atoms with van der Waals surface area (Å²) in [6, 6.07) is 2.14. The lowest BCUT2D eigenvalue weighted by atomic mass is 10.1. The monoisotopic (exact) mass is 341 g/mol. The first-order valence-corrected chi connectivity index (χ1v) is 11.0. The molecule has 0 fully saturated rings. The summed E-state index contributed by atoms with van der Waals surface area (Å²) in [5.74, 6) is -1.49. The van der Waals surface area contributed by atoms with Gasteiger partial charge in [0.15, 0.2) is 5.78 Å². The van der Waals surface area contributed by atoms with E-state index in [2.05, 4.69) is 39.9 Å². The third-order valence-electron chi connectivity index (χ3n) is 4.67. The van der Waals surface area contributed by atoms with Crippen molar-refractivity contribution in [1.82, 2.24) is 0 Å². The lowest BCUT2D eigenvalue weighted by molar-refractivity contribution is -0.167. The van der Waals surface area contributed by atoms with Crippen LogP contribution in [-0.4, -0.2) is 36.6 Å². The summed E-state index contributed by atoms with van der Waals surface area (Å²) >= 11 is 0. The fourth-order valence-corrected chi connectivity index (χ4v) is 4.69. The largest absolute Gasteiger partial charge is 0.458 e. The molecule has 5 nitrogen and oxygen atoms in total. The van der Waals surface area contributed by atoms with Gasteiger partial charge in [-0.05, 0) is 31.4 Å². The molecule has 0 radical (unpaired) electrons. The number of ketones is 1. The van der Waals surface area contributed by atoms with Crippen LogP contribution in [0.25, 0.3) is 0 Å². The zero-order chi connectivity index (χ0) is 18.6. The SMILES string of the molecule is CC(C)(C)OC(=O)C(O)C(=O)C[C@@H](CC#N)[Si](C)(C)C(C)(C)C. The van der Waals surface area contributed by atoms with Crippen LogP contribution in [0.1, 0.15) is 54.4 Å². The number of Topliss-reactive ketones (excluding diaryl/α,β-unsaturated/α-hetero) is 1. The molecule has 0 saturated heterocycles. The Morgan fingerprint density at radius 2 is 1.65 bits per heavy atom. The van der Waals surface area contributed by atoms with E-state index in [1.165, 1.54) is 0 Å². The summed E-state index contributed by atoms with van der Waals surface area (Å²) in [5.41, 5.74) is -0.874. The maximum Gasteiger partial charge on any atom is 0.343 e. The van der Waals surface area contributed by atoms with Crippen molar-refractivity contribution in [2.24, 2.45) is 0 Å². The van der Waals surface area contributed by atoms with Crippen LogP contribution >= 0.6 is 0 Å². The van der Waals surface area contributed by atoms with Crippen LogP contribution < -0.4 is 0 Å². The number of aliphatic hydroxyl groups excluding tert-OH is 1. The molecule has 0 aliphatic heterocycles. The highest BCUT2D eigenvalue weighted by molar-refractivity contribution is 6.81. The molecule has 0 spiro atoms. The summed E-state index contributed by atoms with van der Waals surface area (Å²) in [7, 11) is -1.95. The molecule has 0 heterocycles. The Morgan fingerprint density at radius 3 is 2.00 bits per heavy atom. The van der Waals surface area contributed by atoms with Gasteiger partial charge in [-0.25, -0.2) is 4.79 Å². The molecular weight excluding hydrogens is 310 g/mol. The molecule has 2 atom stereocenters. The second kappa shape index (κ2) is 7.58. The smallest absolute Gasteiger partial charge is 0.343 e. The molecule has 0 aromatic carbocycles. The number of aliphatic hydroxyl groups is 1. The van der Waals surface area contributed by atoms with Gasteiger partial charge in [-0.3, -0.25) is 4.79 Å². The van der Waals surface area contributed by atoms with E-state index in [4.69, 9.17) is 10.00 Å². The first-order valence-electron chi connectivity index (χ1n) is 7.94. The van der Waals surface area contributed by atoms with Crippen molar-refractivity contribution in [2.75, 3.05) is 0 Å². The van der Waals surface area contributed by atoms with Crippen molar-refractivity contribution >= 4 is 19.8 Å². The van der Waals surface area contributed by atoms with Crippen LogP contribution in [0.4, 0.5) is 0 Å². The van der Waals surface area contributed by atoms with E-state index in [-0.39, 0.29) is 23.4 Å². The van der Waals surface area contributed by atoms with E-state index < -0.39 is 31.5 Å².